The predicted molar refractivity (Wildman–Crippen MR) is 99.6 cm³/mol. The van der Waals surface area contributed by atoms with Gasteiger partial charge >= 0.3 is 0 Å². The molecule has 1 heterocycles. The van der Waals surface area contributed by atoms with Crippen LogP contribution in [0.5, 0.6) is 11.5 Å². The number of ether oxygens (including phenoxy) is 2. The normalized spacial score (nSPS) is 12.7. The topological polar surface area (TPSA) is 84.9 Å². The summed E-state index contributed by atoms with van der Waals surface area (Å²) in [6.07, 6.45) is 1.05. The van der Waals surface area contributed by atoms with E-state index in [0.29, 0.717) is 33.5 Å². The first kappa shape index (κ1) is 18.3. The lowest BCUT2D eigenvalue weighted by atomic mass is 10.2. The number of aryl methyl sites for hydroxylation is 1. The van der Waals surface area contributed by atoms with E-state index in [-0.39, 0.29) is 13.3 Å². The van der Waals surface area contributed by atoms with E-state index < -0.39 is 15.9 Å². The summed E-state index contributed by atoms with van der Waals surface area (Å²) < 4.78 is 35.9. The van der Waals surface area contributed by atoms with Crippen molar-refractivity contribution in [3.63, 3.8) is 0 Å². The third-order valence-electron chi connectivity index (χ3n) is 3.77. The van der Waals surface area contributed by atoms with Gasteiger partial charge in [0.1, 0.15) is 6.54 Å². The number of rotatable bonds is 5. The SMILES string of the molecule is Cc1cc(Cl)ccc1N(CC(=O)Nc1ccc2c(c1)OCO2)S(C)(=O)=O. The second kappa shape index (κ2) is 7.05. The molecular formula is C17H17ClN2O5S. The third-order valence-corrected chi connectivity index (χ3v) is 5.13. The Balaban J connectivity index is 1.80. The largest absolute Gasteiger partial charge is 0.454 e. The molecule has 0 bridgehead atoms. The van der Waals surface area contributed by atoms with Crippen molar-refractivity contribution in [3.8, 4) is 11.5 Å². The van der Waals surface area contributed by atoms with Gasteiger partial charge in [-0.3, -0.25) is 9.10 Å². The number of carbonyl (C=O) groups excluding carboxylic acids is 1. The average molecular weight is 397 g/mol. The molecular weight excluding hydrogens is 380 g/mol. The van der Waals surface area contributed by atoms with Crippen molar-refractivity contribution in [2.75, 3.05) is 29.2 Å². The zero-order valence-corrected chi connectivity index (χ0v) is 15.7. The molecule has 0 unspecified atom stereocenters. The maximum atomic E-state index is 12.4. The predicted octanol–water partition coefficient (Wildman–Crippen LogP) is 2.78. The fourth-order valence-corrected chi connectivity index (χ4v) is 3.73. The van der Waals surface area contributed by atoms with Crippen LogP contribution in [0.15, 0.2) is 36.4 Å². The lowest BCUT2D eigenvalue weighted by Gasteiger charge is -2.23. The van der Waals surface area contributed by atoms with Crippen LogP contribution < -0.4 is 19.1 Å². The molecule has 0 saturated heterocycles. The van der Waals surface area contributed by atoms with E-state index >= 15 is 0 Å². The van der Waals surface area contributed by atoms with Gasteiger partial charge in [-0.15, -0.1) is 0 Å². The monoisotopic (exact) mass is 396 g/mol. The number of nitrogens with zero attached hydrogens (tertiary/aromatic N) is 1. The summed E-state index contributed by atoms with van der Waals surface area (Å²) in [6, 6.07) is 9.76. The van der Waals surface area contributed by atoms with E-state index in [4.69, 9.17) is 21.1 Å². The van der Waals surface area contributed by atoms with Gasteiger partial charge in [0, 0.05) is 16.8 Å². The summed E-state index contributed by atoms with van der Waals surface area (Å²) >= 11 is 5.93. The van der Waals surface area contributed by atoms with Gasteiger partial charge in [0.25, 0.3) is 0 Å². The van der Waals surface area contributed by atoms with E-state index in [1.807, 2.05) is 0 Å². The van der Waals surface area contributed by atoms with Gasteiger partial charge in [0.2, 0.25) is 22.7 Å². The number of nitrogens with one attached hydrogen (secondary N) is 1. The van der Waals surface area contributed by atoms with E-state index in [0.717, 1.165) is 10.6 Å². The summed E-state index contributed by atoms with van der Waals surface area (Å²) in [4.78, 5) is 12.4. The van der Waals surface area contributed by atoms with Crippen molar-refractivity contribution in [3.05, 3.63) is 47.0 Å². The van der Waals surface area contributed by atoms with Gasteiger partial charge < -0.3 is 14.8 Å². The van der Waals surface area contributed by atoms with Crippen LogP contribution in [0.2, 0.25) is 5.02 Å². The van der Waals surface area contributed by atoms with Crippen LogP contribution in [0.4, 0.5) is 11.4 Å². The van der Waals surface area contributed by atoms with Crippen molar-refractivity contribution in [1.82, 2.24) is 0 Å². The van der Waals surface area contributed by atoms with E-state index in [9.17, 15) is 13.2 Å². The Labute approximate surface area is 156 Å². The number of benzene rings is 2. The standard InChI is InChI=1S/C17H17ClN2O5S/c1-11-7-12(18)3-5-14(11)20(26(2,22)23)9-17(21)19-13-4-6-15-16(8-13)25-10-24-15/h3-8H,9-10H2,1-2H3,(H,19,21). The summed E-state index contributed by atoms with van der Waals surface area (Å²) in [7, 11) is -3.67. The Bertz CT molecular complexity index is 962. The molecule has 26 heavy (non-hydrogen) atoms. The number of hydrogen-bond donors (Lipinski definition) is 1. The first-order chi connectivity index (χ1) is 12.2. The number of carbonyl (C=O) groups is 1. The van der Waals surface area contributed by atoms with E-state index in [1.54, 1.807) is 43.3 Å². The molecule has 0 fully saturated rings. The minimum Gasteiger partial charge on any atom is -0.454 e. The summed E-state index contributed by atoms with van der Waals surface area (Å²) in [5, 5.41) is 3.16. The maximum Gasteiger partial charge on any atom is 0.245 e. The van der Waals surface area contributed by atoms with Crippen LogP contribution in [0.3, 0.4) is 0 Å². The molecule has 1 amide bonds. The molecule has 7 nitrogen and oxygen atoms in total. The second-order valence-corrected chi connectivity index (χ2v) is 8.16. The molecule has 2 aromatic carbocycles. The van der Waals surface area contributed by atoms with Gasteiger partial charge in [-0.05, 0) is 42.8 Å². The molecule has 1 aliphatic heterocycles. The Hall–Kier alpha value is -2.45. The lowest BCUT2D eigenvalue weighted by molar-refractivity contribution is -0.114. The molecule has 1 N–H and O–H groups in total. The van der Waals surface area contributed by atoms with E-state index in [2.05, 4.69) is 5.32 Å². The Kier molecular flexibility index (Phi) is 4.97. The van der Waals surface area contributed by atoms with Crippen molar-refractivity contribution < 1.29 is 22.7 Å². The van der Waals surface area contributed by atoms with Gasteiger partial charge in [-0.25, -0.2) is 8.42 Å². The molecule has 0 atom stereocenters. The van der Waals surface area contributed by atoms with Crippen LogP contribution in [0.25, 0.3) is 0 Å². The lowest BCUT2D eigenvalue weighted by Crippen LogP contribution is -2.37. The fourth-order valence-electron chi connectivity index (χ4n) is 2.59. The van der Waals surface area contributed by atoms with Crippen LogP contribution in [-0.2, 0) is 14.8 Å². The molecule has 2 aromatic rings. The molecule has 0 aromatic heterocycles. The van der Waals surface area contributed by atoms with Crippen molar-refractivity contribution in [2.24, 2.45) is 0 Å². The minimum atomic E-state index is -3.67. The molecule has 0 aliphatic carbocycles. The summed E-state index contributed by atoms with van der Waals surface area (Å²) in [6.45, 7) is 1.50. The molecule has 138 valence electrons. The quantitative estimate of drug-likeness (QED) is 0.840. The zero-order valence-electron chi connectivity index (χ0n) is 14.2. The van der Waals surface area contributed by atoms with Crippen LogP contribution in [0, 0.1) is 6.92 Å². The number of anilines is 2. The Morgan fingerprint density at radius 1 is 1.19 bits per heavy atom. The minimum absolute atomic E-state index is 0.129. The number of fused-ring (bicyclic) bond motifs is 1. The second-order valence-electron chi connectivity index (χ2n) is 5.82. The highest BCUT2D eigenvalue weighted by atomic mass is 35.5. The molecule has 0 spiro atoms. The highest BCUT2D eigenvalue weighted by Gasteiger charge is 2.23. The van der Waals surface area contributed by atoms with Crippen LogP contribution >= 0.6 is 11.6 Å². The molecule has 0 saturated carbocycles. The van der Waals surface area contributed by atoms with Gasteiger partial charge in [0.15, 0.2) is 11.5 Å². The average Bonchev–Trinajstić information content (AvgIpc) is 3.00. The Morgan fingerprint density at radius 3 is 2.62 bits per heavy atom. The maximum absolute atomic E-state index is 12.4. The molecule has 0 radical (unpaired) electrons. The summed E-state index contributed by atoms with van der Waals surface area (Å²) in [5.41, 5.74) is 1.54. The first-order valence-corrected chi connectivity index (χ1v) is 9.90. The van der Waals surface area contributed by atoms with Crippen molar-refractivity contribution in [1.29, 1.82) is 0 Å². The zero-order chi connectivity index (χ0) is 18.9. The summed E-state index contributed by atoms with van der Waals surface area (Å²) in [5.74, 6) is 0.637. The van der Waals surface area contributed by atoms with Gasteiger partial charge in [0.05, 0.1) is 11.9 Å². The van der Waals surface area contributed by atoms with Crippen molar-refractivity contribution >= 4 is 38.9 Å². The van der Waals surface area contributed by atoms with Crippen LogP contribution in [-0.4, -0.2) is 33.9 Å². The fraction of sp³-hybridized carbons (Fsp3) is 0.235. The van der Waals surface area contributed by atoms with Crippen molar-refractivity contribution in [2.45, 2.75) is 6.92 Å². The Morgan fingerprint density at radius 2 is 1.92 bits per heavy atom. The van der Waals surface area contributed by atoms with E-state index in [1.165, 1.54) is 0 Å². The third kappa shape index (κ3) is 4.03. The highest BCUT2D eigenvalue weighted by Crippen LogP contribution is 2.34. The number of sulfonamides is 1. The first-order valence-electron chi connectivity index (χ1n) is 7.67. The molecule has 9 heteroatoms. The highest BCUT2D eigenvalue weighted by molar-refractivity contribution is 7.92. The van der Waals surface area contributed by atoms with Crippen LogP contribution in [0.1, 0.15) is 5.56 Å². The van der Waals surface area contributed by atoms with Gasteiger partial charge in [-0.2, -0.15) is 0 Å². The molecule has 3 rings (SSSR count). The number of amides is 1. The van der Waals surface area contributed by atoms with Gasteiger partial charge in [-0.1, -0.05) is 11.6 Å². The number of hydrogen-bond acceptors (Lipinski definition) is 5. The smallest absolute Gasteiger partial charge is 0.245 e. The molecule has 1 aliphatic rings. The number of halogens is 1.